The zero-order chi connectivity index (χ0) is 11.3. The van der Waals surface area contributed by atoms with Crippen LogP contribution >= 0.6 is 0 Å². The van der Waals surface area contributed by atoms with E-state index in [0.717, 1.165) is 17.1 Å². The smallest absolute Gasteiger partial charge is 0.254 e. The van der Waals surface area contributed by atoms with Crippen LogP contribution in [0.3, 0.4) is 0 Å². The highest BCUT2D eigenvalue weighted by Gasteiger charge is 2.25. The number of carbonyl (C=O) groups excluding carboxylic acids is 3. The number of amides is 3. The van der Waals surface area contributed by atoms with Gasteiger partial charge in [0, 0.05) is 25.8 Å². The molecule has 0 unspecified atom stereocenters. The van der Waals surface area contributed by atoms with E-state index in [9.17, 15) is 14.4 Å². The largest absolute Gasteiger partial charge is 0.383 e. The van der Waals surface area contributed by atoms with E-state index in [1.807, 2.05) is 0 Å². The van der Waals surface area contributed by atoms with E-state index in [1.165, 1.54) is 7.11 Å². The Morgan fingerprint density at radius 2 is 2.00 bits per heavy atom. The number of hydrogen-bond acceptors (Lipinski definition) is 4. The van der Waals surface area contributed by atoms with Crippen LogP contribution in [0.5, 0.6) is 0 Å². The van der Waals surface area contributed by atoms with E-state index in [2.05, 4.69) is 5.32 Å². The Morgan fingerprint density at radius 3 is 2.53 bits per heavy atom. The molecular weight excluding hydrogens is 200 g/mol. The molecule has 3 amide bonds. The average molecular weight is 212 g/mol. The molecule has 0 aromatic rings. The molecular formula is C9H12N2O4. The summed E-state index contributed by atoms with van der Waals surface area (Å²) >= 11 is 0. The Morgan fingerprint density at radius 1 is 1.40 bits per heavy atom. The van der Waals surface area contributed by atoms with Crippen molar-refractivity contribution in [3.05, 3.63) is 12.2 Å². The molecule has 6 heteroatoms. The highest BCUT2D eigenvalue weighted by atomic mass is 16.5. The van der Waals surface area contributed by atoms with Crippen LogP contribution in [0.2, 0.25) is 0 Å². The summed E-state index contributed by atoms with van der Waals surface area (Å²) in [5.41, 5.74) is 0. The van der Waals surface area contributed by atoms with Crippen LogP contribution in [0, 0.1) is 0 Å². The summed E-state index contributed by atoms with van der Waals surface area (Å²) in [7, 11) is 1.52. The summed E-state index contributed by atoms with van der Waals surface area (Å²) in [5.74, 6) is -1.29. The maximum atomic E-state index is 11.2. The van der Waals surface area contributed by atoms with Gasteiger partial charge < -0.3 is 10.1 Å². The summed E-state index contributed by atoms with van der Waals surface area (Å²) in [6, 6.07) is 0. The lowest BCUT2D eigenvalue weighted by Crippen LogP contribution is -2.41. The molecule has 1 heterocycles. The number of rotatable bonds is 5. The number of nitrogens with zero attached hydrogens (tertiary/aromatic N) is 1. The first-order chi connectivity index (χ1) is 7.15. The number of nitrogens with one attached hydrogen (secondary N) is 1. The topological polar surface area (TPSA) is 75.7 Å². The van der Waals surface area contributed by atoms with Gasteiger partial charge in [0.05, 0.1) is 6.61 Å². The summed E-state index contributed by atoms with van der Waals surface area (Å²) in [6.45, 7) is 0.513. The lowest BCUT2D eigenvalue weighted by Gasteiger charge is -2.12. The van der Waals surface area contributed by atoms with Crippen LogP contribution in [0.15, 0.2) is 12.2 Å². The molecule has 0 radical (unpaired) electrons. The molecule has 0 fully saturated rings. The predicted molar refractivity (Wildman–Crippen MR) is 50.7 cm³/mol. The van der Waals surface area contributed by atoms with Crippen molar-refractivity contribution >= 4 is 17.7 Å². The Balaban J connectivity index is 2.32. The average Bonchev–Trinajstić information content (AvgIpc) is 2.50. The fourth-order valence-corrected chi connectivity index (χ4v) is 1.08. The molecule has 82 valence electrons. The third-order valence-corrected chi connectivity index (χ3v) is 1.83. The van der Waals surface area contributed by atoms with Gasteiger partial charge in [-0.25, -0.2) is 0 Å². The molecule has 0 spiro atoms. The van der Waals surface area contributed by atoms with E-state index in [-0.39, 0.29) is 12.5 Å². The van der Waals surface area contributed by atoms with Gasteiger partial charge in [-0.3, -0.25) is 19.3 Å². The fourth-order valence-electron chi connectivity index (χ4n) is 1.08. The number of imide groups is 1. The van der Waals surface area contributed by atoms with Crippen LogP contribution in [0.25, 0.3) is 0 Å². The van der Waals surface area contributed by atoms with E-state index < -0.39 is 11.8 Å². The summed E-state index contributed by atoms with van der Waals surface area (Å²) in [5, 5.41) is 2.51. The van der Waals surface area contributed by atoms with Crippen LogP contribution in [0.4, 0.5) is 0 Å². The molecule has 0 saturated carbocycles. The van der Waals surface area contributed by atoms with E-state index >= 15 is 0 Å². The van der Waals surface area contributed by atoms with Gasteiger partial charge in [-0.2, -0.15) is 0 Å². The number of ether oxygens (including phenoxy) is 1. The van der Waals surface area contributed by atoms with Gasteiger partial charge in [0.1, 0.15) is 6.54 Å². The molecule has 0 atom stereocenters. The number of hydrogen-bond donors (Lipinski definition) is 1. The van der Waals surface area contributed by atoms with Crippen LogP contribution in [-0.4, -0.2) is 49.4 Å². The maximum absolute atomic E-state index is 11.2. The van der Waals surface area contributed by atoms with Crippen molar-refractivity contribution in [2.24, 2.45) is 0 Å². The summed E-state index contributed by atoms with van der Waals surface area (Å²) in [4.78, 5) is 34.2. The normalized spacial score (nSPS) is 14.9. The van der Waals surface area contributed by atoms with Crippen molar-refractivity contribution in [1.82, 2.24) is 10.2 Å². The van der Waals surface area contributed by atoms with Crippen LogP contribution in [-0.2, 0) is 19.1 Å². The first kappa shape index (κ1) is 11.4. The highest BCUT2D eigenvalue weighted by Crippen LogP contribution is 2.01. The highest BCUT2D eigenvalue weighted by molar-refractivity contribution is 6.14. The molecule has 6 nitrogen and oxygen atoms in total. The third-order valence-electron chi connectivity index (χ3n) is 1.83. The molecule has 15 heavy (non-hydrogen) atoms. The van der Waals surface area contributed by atoms with E-state index in [1.54, 1.807) is 0 Å². The van der Waals surface area contributed by atoms with E-state index in [0.29, 0.717) is 13.2 Å². The summed E-state index contributed by atoms with van der Waals surface area (Å²) in [6.07, 6.45) is 2.29. The Labute approximate surface area is 86.9 Å². The lowest BCUT2D eigenvalue weighted by atomic mass is 10.4. The molecule has 1 rings (SSSR count). The van der Waals surface area contributed by atoms with Gasteiger partial charge >= 0.3 is 0 Å². The molecule has 1 aliphatic rings. The summed E-state index contributed by atoms with van der Waals surface area (Å²) < 4.78 is 4.73. The van der Waals surface area contributed by atoms with Crippen molar-refractivity contribution < 1.29 is 19.1 Å². The second kappa shape index (κ2) is 5.26. The van der Waals surface area contributed by atoms with Crippen molar-refractivity contribution in [1.29, 1.82) is 0 Å². The fraction of sp³-hybridized carbons (Fsp3) is 0.444. The van der Waals surface area contributed by atoms with Crippen LogP contribution in [0.1, 0.15) is 0 Å². The monoisotopic (exact) mass is 212 g/mol. The van der Waals surface area contributed by atoms with Gasteiger partial charge in [-0.1, -0.05) is 0 Å². The van der Waals surface area contributed by atoms with Crippen molar-refractivity contribution in [3.63, 3.8) is 0 Å². The van der Waals surface area contributed by atoms with Gasteiger partial charge in [0.25, 0.3) is 11.8 Å². The van der Waals surface area contributed by atoms with Crippen molar-refractivity contribution in [3.8, 4) is 0 Å². The molecule has 1 N–H and O–H groups in total. The SMILES string of the molecule is COCCNC(=O)CN1C(=O)C=CC1=O. The van der Waals surface area contributed by atoms with Gasteiger partial charge in [0.15, 0.2) is 0 Å². The lowest BCUT2D eigenvalue weighted by molar-refractivity contribution is -0.141. The molecule has 0 aromatic carbocycles. The maximum Gasteiger partial charge on any atom is 0.254 e. The van der Waals surface area contributed by atoms with Crippen molar-refractivity contribution in [2.75, 3.05) is 26.8 Å². The Kier molecular flexibility index (Phi) is 3.99. The first-order valence-electron chi connectivity index (χ1n) is 4.44. The second-order valence-corrected chi connectivity index (χ2v) is 2.94. The third kappa shape index (κ3) is 3.17. The van der Waals surface area contributed by atoms with E-state index in [4.69, 9.17) is 4.74 Å². The van der Waals surface area contributed by atoms with Gasteiger partial charge in [-0.05, 0) is 0 Å². The zero-order valence-electron chi connectivity index (χ0n) is 8.36. The standard InChI is InChI=1S/C9H12N2O4/c1-15-5-4-10-7(12)6-11-8(13)2-3-9(11)14/h2-3H,4-6H2,1H3,(H,10,12). The minimum atomic E-state index is -0.457. The predicted octanol–water partition coefficient (Wildman–Crippen LogP) is -1.33. The quantitative estimate of drug-likeness (QED) is 0.452. The Hall–Kier alpha value is -1.69. The number of carbonyl (C=O) groups is 3. The minimum absolute atomic E-state index is 0.242. The zero-order valence-corrected chi connectivity index (χ0v) is 8.36. The molecule has 1 aliphatic heterocycles. The molecule has 0 bridgehead atoms. The van der Waals surface area contributed by atoms with Crippen LogP contribution < -0.4 is 5.32 Å². The first-order valence-corrected chi connectivity index (χ1v) is 4.44. The second-order valence-electron chi connectivity index (χ2n) is 2.94. The minimum Gasteiger partial charge on any atom is -0.383 e. The van der Waals surface area contributed by atoms with Gasteiger partial charge in [-0.15, -0.1) is 0 Å². The molecule has 0 saturated heterocycles. The van der Waals surface area contributed by atoms with Gasteiger partial charge in [0.2, 0.25) is 5.91 Å². The molecule has 0 aliphatic carbocycles. The van der Waals surface area contributed by atoms with Crippen molar-refractivity contribution in [2.45, 2.75) is 0 Å². The number of methoxy groups -OCH3 is 1. The Bertz CT molecular complexity index is 293. The molecule has 0 aromatic heterocycles.